The zero-order valence-corrected chi connectivity index (χ0v) is 20.9. The van der Waals surface area contributed by atoms with Crippen LogP contribution in [0.4, 0.5) is 16.5 Å². The number of amides is 2. The Balaban J connectivity index is 1.35. The number of rotatable bonds is 4. The van der Waals surface area contributed by atoms with Crippen molar-refractivity contribution in [2.75, 3.05) is 29.6 Å². The van der Waals surface area contributed by atoms with Gasteiger partial charge < -0.3 is 14.4 Å². The molecule has 2 aliphatic rings. The molecule has 7 nitrogen and oxygen atoms in total. The molecule has 0 radical (unpaired) electrons. The first-order chi connectivity index (χ1) is 17.5. The number of carbonyl (C=O) groups excluding carboxylic acids is 2. The maximum Gasteiger partial charge on any atom is 0.238 e. The largest absolute Gasteiger partial charge is 0.486 e. The molecule has 1 saturated heterocycles. The summed E-state index contributed by atoms with van der Waals surface area (Å²) >= 11 is 1.48. The van der Waals surface area contributed by atoms with Gasteiger partial charge >= 0.3 is 0 Å². The Hall–Kier alpha value is -3.91. The predicted octanol–water partition coefficient (Wildman–Crippen LogP) is 5.40. The van der Waals surface area contributed by atoms with Gasteiger partial charge in [0.05, 0.1) is 21.8 Å². The fraction of sp³-hybridized carbons (Fsp3) is 0.250. The van der Waals surface area contributed by atoms with Crippen LogP contribution in [0.1, 0.15) is 17.5 Å². The Morgan fingerprint density at radius 1 is 1.00 bits per heavy atom. The molecule has 3 aromatic carbocycles. The summed E-state index contributed by atoms with van der Waals surface area (Å²) in [7, 11) is 0. The third-order valence-electron chi connectivity index (χ3n) is 6.47. The standard InChI is InChI=1S/C28H25N3O4S/c1-17-11-18(2)13-21(12-17)31(28-29-22-5-3-4-6-25(22)36-28)27(33)19-14-26(32)30(16-19)20-7-8-23-24(15-20)35-10-9-34-23/h3-8,11-13,15,19H,9-10,14,16H2,1-2H3. The van der Waals surface area contributed by atoms with Gasteiger partial charge in [0, 0.05) is 24.7 Å². The van der Waals surface area contributed by atoms with Crippen LogP contribution in [0.15, 0.2) is 60.7 Å². The van der Waals surface area contributed by atoms with Gasteiger partial charge in [0.2, 0.25) is 11.8 Å². The minimum Gasteiger partial charge on any atom is -0.486 e. The van der Waals surface area contributed by atoms with Crippen molar-refractivity contribution in [2.24, 2.45) is 5.92 Å². The van der Waals surface area contributed by atoms with E-state index in [-0.39, 0.29) is 18.2 Å². The van der Waals surface area contributed by atoms with Gasteiger partial charge in [0.25, 0.3) is 0 Å². The number of nitrogens with zero attached hydrogens (tertiary/aromatic N) is 3. The van der Waals surface area contributed by atoms with Gasteiger partial charge in [-0.2, -0.15) is 0 Å². The monoisotopic (exact) mass is 499 g/mol. The maximum absolute atomic E-state index is 14.1. The number of thiazole rings is 1. The van der Waals surface area contributed by atoms with Gasteiger partial charge in [-0.05, 0) is 61.4 Å². The third kappa shape index (κ3) is 4.07. The van der Waals surface area contributed by atoms with Crippen LogP contribution in [-0.2, 0) is 9.59 Å². The summed E-state index contributed by atoms with van der Waals surface area (Å²) in [5, 5.41) is 0.608. The fourth-order valence-corrected chi connectivity index (χ4v) is 5.86. The van der Waals surface area contributed by atoms with E-state index in [1.807, 2.05) is 68.4 Å². The molecule has 4 aromatic rings. The van der Waals surface area contributed by atoms with Gasteiger partial charge in [-0.25, -0.2) is 4.98 Å². The summed E-state index contributed by atoms with van der Waals surface area (Å²) in [4.78, 5) is 35.3. The summed E-state index contributed by atoms with van der Waals surface area (Å²) < 4.78 is 12.3. The molecule has 1 aromatic heterocycles. The first-order valence-corrected chi connectivity index (χ1v) is 12.8. The van der Waals surface area contributed by atoms with Crippen molar-refractivity contribution in [2.45, 2.75) is 20.3 Å². The lowest BCUT2D eigenvalue weighted by atomic mass is 10.1. The lowest BCUT2D eigenvalue weighted by Gasteiger charge is -2.25. The first kappa shape index (κ1) is 22.5. The molecule has 36 heavy (non-hydrogen) atoms. The first-order valence-electron chi connectivity index (χ1n) is 11.9. The normalized spacial score (nSPS) is 17.0. The van der Waals surface area contributed by atoms with E-state index < -0.39 is 5.92 Å². The zero-order valence-electron chi connectivity index (χ0n) is 20.1. The highest BCUT2D eigenvalue weighted by molar-refractivity contribution is 7.22. The number of carbonyl (C=O) groups is 2. The second kappa shape index (κ2) is 8.95. The molecule has 2 aliphatic heterocycles. The lowest BCUT2D eigenvalue weighted by molar-refractivity contribution is -0.123. The van der Waals surface area contributed by atoms with E-state index in [1.54, 1.807) is 9.80 Å². The molecule has 0 bridgehead atoms. The van der Waals surface area contributed by atoms with Crippen molar-refractivity contribution in [3.8, 4) is 11.5 Å². The topological polar surface area (TPSA) is 72.0 Å². The SMILES string of the molecule is Cc1cc(C)cc(N(C(=O)C2CC(=O)N(c3ccc4c(c3)OCCO4)C2)c2nc3ccccc3s2)c1. The Labute approximate surface area is 212 Å². The van der Waals surface area contributed by atoms with E-state index in [0.717, 1.165) is 27.0 Å². The van der Waals surface area contributed by atoms with Crippen LogP contribution < -0.4 is 19.3 Å². The number of hydrogen-bond acceptors (Lipinski definition) is 6. The van der Waals surface area contributed by atoms with E-state index >= 15 is 0 Å². The highest BCUT2D eigenvalue weighted by Crippen LogP contribution is 2.39. The molecular formula is C28H25N3O4S. The summed E-state index contributed by atoms with van der Waals surface area (Å²) in [5.74, 6) is 0.564. The van der Waals surface area contributed by atoms with E-state index in [4.69, 9.17) is 14.5 Å². The third-order valence-corrected chi connectivity index (χ3v) is 7.49. The molecule has 0 spiro atoms. The molecule has 0 aliphatic carbocycles. The molecule has 182 valence electrons. The summed E-state index contributed by atoms with van der Waals surface area (Å²) in [6.45, 7) is 5.30. The highest BCUT2D eigenvalue weighted by Gasteiger charge is 2.39. The van der Waals surface area contributed by atoms with Crippen LogP contribution >= 0.6 is 11.3 Å². The predicted molar refractivity (Wildman–Crippen MR) is 141 cm³/mol. The van der Waals surface area contributed by atoms with Gasteiger partial charge in [0.1, 0.15) is 13.2 Å². The molecule has 0 N–H and O–H groups in total. The van der Waals surface area contributed by atoms with Crippen molar-refractivity contribution in [1.82, 2.24) is 4.98 Å². The molecule has 1 unspecified atom stereocenters. The number of hydrogen-bond donors (Lipinski definition) is 0. The minimum absolute atomic E-state index is 0.0882. The molecule has 2 amide bonds. The molecule has 0 saturated carbocycles. The smallest absolute Gasteiger partial charge is 0.238 e. The fourth-order valence-electron chi connectivity index (χ4n) is 4.87. The van der Waals surface area contributed by atoms with E-state index in [1.165, 1.54) is 11.3 Å². The molecular weight excluding hydrogens is 474 g/mol. The van der Waals surface area contributed by atoms with Gasteiger partial charge in [0.15, 0.2) is 16.6 Å². The van der Waals surface area contributed by atoms with Crippen molar-refractivity contribution < 1.29 is 19.1 Å². The highest BCUT2D eigenvalue weighted by atomic mass is 32.1. The van der Waals surface area contributed by atoms with E-state index in [2.05, 4.69) is 6.07 Å². The Kier molecular flexibility index (Phi) is 5.60. The number of anilines is 3. The maximum atomic E-state index is 14.1. The molecule has 1 fully saturated rings. The Morgan fingerprint density at radius 3 is 2.53 bits per heavy atom. The second-order valence-electron chi connectivity index (χ2n) is 9.22. The van der Waals surface area contributed by atoms with Crippen LogP contribution in [0, 0.1) is 19.8 Å². The number of aryl methyl sites for hydroxylation is 2. The summed E-state index contributed by atoms with van der Waals surface area (Å²) in [6.07, 6.45) is 0.138. The second-order valence-corrected chi connectivity index (χ2v) is 10.2. The van der Waals surface area contributed by atoms with E-state index in [0.29, 0.717) is 42.1 Å². The average molecular weight is 500 g/mol. The number of benzene rings is 3. The van der Waals surface area contributed by atoms with Gasteiger partial charge in [-0.1, -0.05) is 29.5 Å². The minimum atomic E-state index is -0.501. The number of aromatic nitrogens is 1. The molecule has 1 atom stereocenters. The summed E-state index contributed by atoms with van der Waals surface area (Å²) in [5.41, 5.74) is 4.44. The molecule has 3 heterocycles. The van der Waals surface area contributed by atoms with Crippen LogP contribution in [-0.4, -0.2) is 36.6 Å². The van der Waals surface area contributed by atoms with E-state index in [9.17, 15) is 9.59 Å². The van der Waals surface area contributed by atoms with Crippen LogP contribution in [0.2, 0.25) is 0 Å². The quantitative estimate of drug-likeness (QED) is 0.376. The van der Waals surface area contributed by atoms with Crippen LogP contribution in [0.25, 0.3) is 10.2 Å². The summed E-state index contributed by atoms with van der Waals surface area (Å²) in [6, 6.07) is 19.4. The van der Waals surface area contributed by atoms with Crippen molar-refractivity contribution in [3.63, 3.8) is 0 Å². The Bertz CT molecular complexity index is 1440. The number of para-hydroxylation sites is 1. The van der Waals surface area contributed by atoms with Crippen molar-refractivity contribution in [1.29, 1.82) is 0 Å². The molecule has 8 heteroatoms. The Morgan fingerprint density at radius 2 is 1.75 bits per heavy atom. The van der Waals surface area contributed by atoms with Crippen molar-refractivity contribution in [3.05, 3.63) is 71.8 Å². The number of ether oxygens (including phenoxy) is 2. The van der Waals surface area contributed by atoms with Crippen LogP contribution in [0.3, 0.4) is 0 Å². The average Bonchev–Trinajstić information content (AvgIpc) is 3.46. The lowest BCUT2D eigenvalue weighted by Crippen LogP contribution is -2.34. The number of fused-ring (bicyclic) bond motifs is 2. The molecule has 6 rings (SSSR count). The zero-order chi connectivity index (χ0) is 24.8. The van der Waals surface area contributed by atoms with Gasteiger partial charge in [-0.3, -0.25) is 14.5 Å². The van der Waals surface area contributed by atoms with Crippen molar-refractivity contribution >= 4 is 49.9 Å². The van der Waals surface area contributed by atoms with Gasteiger partial charge in [-0.15, -0.1) is 0 Å². The van der Waals surface area contributed by atoms with Crippen LogP contribution in [0.5, 0.6) is 11.5 Å².